The van der Waals surface area contributed by atoms with Gasteiger partial charge in [-0.1, -0.05) is 0 Å². The van der Waals surface area contributed by atoms with E-state index in [1.54, 1.807) is 0 Å². The molecule has 78 valence electrons. The highest BCUT2D eigenvalue weighted by Crippen LogP contribution is 2.45. The lowest BCUT2D eigenvalue weighted by atomic mass is 9.96. The summed E-state index contributed by atoms with van der Waals surface area (Å²) in [5, 5.41) is 0. The molecule has 0 spiro atoms. The Hall–Kier alpha value is 0.540. The van der Waals surface area contributed by atoms with Crippen molar-refractivity contribution in [1.29, 1.82) is 0 Å². The molecule has 1 nitrogen and oxygen atoms in total. The zero-order valence-corrected chi connectivity index (χ0v) is 10.00. The van der Waals surface area contributed by atoms with Gasteiger partial charge in [0.1, 0.15) is 0 Å². The molecule has 0 radical (unpaired) electrons. The van der Waals surface area contributed by atoms with Crippen molar-refractivity contribution in [3.63, 3.8) is 0 Å². The summed E-state index contributed by atoms with van der Waals surface area (Å²) in [5.74, 6) is 0.835. The van der Waals surface area contributed by atoms with E-state index < -0.39 is 0 Å². The average molecular weight is 224 g/mol. The SMILES string of the molecule is CC1CCC2(CCl)CCC(C)N12.Cl. The van der Waals surface area contributed by atoms with Gasteiger partial charge in [-0.2, -0.15) is 0 Å². The summed E-state index contributed by atoms with van der Waals surface area (Å²) in [6, 6.07) is 1.53. The summed E-state index contributed by atoms with van der Waals surface area (Å²) in [4.78, 5) is 2.67. The van der Waals surface area contributed by atoms with Crippen molar-refractivity contribution in [3.05, 3.63) is 0 Å². The van der Waals surface area contributed by atoms with E-state index in [0.717, 1.165) is 18.0 Å². The first-order valence-electron chi connectivity index (χ1n) is 5.04. The van der Waals surface area contributed by atoms with Gasteiger partial charge >= 0.3 is 0 Å². The quantitative estimate of drug-likeness (QED) is 0.619. The average Bonchev–Trinajstić information content (AvgIpc) is 2.55. The molecule has 2 fully saturated rings. The number of hydrogen-bond donors (Lipinski definition) is 0. The van der Waals surface area contributed by atoms with Crippen molar-refractivity contribution in [2.75, 3.05) is 5.88 Å². The van der Waals surface area contributed by atoms with E-state index in [2.05, 4.69) is 18.7 Å². The van der Waals surface area contributed by atoms with Crippen LogP contribution in [0.1, 0.15) is 39.5 Å². The molecule has 0 aliphatic carbocycles. The number of fused-ring (bicyclic) bond motifs is 1. The molecule has 3 heteroatoms. The Morgan fingerprint density at radius 2 is 1.69 bits per heavy atom. The maximum absolute atomic E-state index is 6.09. The lowest BCUT2D eigenvalue weighted by molar-refractivity contribution is 0.138. The van der Waals surface area contributed by atoms with Gasteiger partial charge in [0.05, 0.1) is 0 Å². The first-order valence-corrected chi connectivity index (χ1v) is 5.57. The minimum Gasteiger partial charge on any atom is -0.291 e. The molecule has 2 saturated heterocycles. The van der Waals surface area contributed by atoms with Crippen LogP contribution < -0.4 is 0 Å². The molecule has 0 N–H and O–H groups in total. The maximum Gasteiger partial charge on any atom is 0.0408 e. The number of alkyl halides is 1. The van der Waals surface area contributed by atoms with Crippen LogP contribution in [0.5, 0.6) is 0 Å². The normalized spacial score (nSPS) is 44.5. The fraction of sp³-hybridized carbons (Fsp3) is 1.00. The van der Waals surface area contributed by atoms with Crippen LogP contribution in [0, 0.1) is 0 Å². The van der Waals surface area contributed by atoms with E-state index in [1.165, 1.54) is 25.7 Å². The van der Waals surface area contributed by atoms with Gasteiger partial charge in [-0.3, -0.25) is 4.90 Å². The molecular formula is C10H19Cl2N. The van der Waals surface area contributed by atoms with E-state index in [1.807, 2.05) is 0 Å². The van der Waals surface area contributed by atoms with Gasteiger partial charge in [0.2, 0.25) is 0 Å². The molecule has 0 aromatic carbocycles. The molecule has 2 rings (SSSR count). The monoisotopic (exact) mass is 223 g/mol. The molecule has 0 aromatic rings. The Bertz CT molecular complexity index is 170. The molecule has 2 aliphatic rings. The predicted molar refractivity (Wildman–Crippen MR) is 59.9 cm³/mol. The third-order valence-electron chi connectivity index (χ3n) is 3.80. The smallest absolute Gasteiger partial charge is 0.0408 e. The largest absolute Gasteiger partial charge is 0.291 e. The van der Waals surface area contributed by atoms with Crippen LogP contribution in [-0.4, -0.2) is 28.4 Å². The van der Waals surface area contributed by atoms with Crippen LogP contribution in [0.25, 0.3) is 0 Å². The van der Waals surface area contributed by atoms with Crippen molar-refractivity contribution in [2.24, 2.45) is 0 Å². The van der Waals surface area contributed by atoms with E-state index in [9.17, 15) is 0 Å². The van der Waals surface area contributed by atoms with Crippen molar-refractivity contribution < 1.29 is 0 Å². The zero-order valence-electron chi connectivity index (χ0n) is 8.42. The van der Waals surface area contributed by atoms with Crippen molar-refractivity contribution in [3.8, 4) is 0 Å². The minimum absolute atomic E-state index is 0. The van der Waals surface area contributed by atoms with Gasteiger partial charge < -0.3 is 0 Å². The molecule has 0 bridgehead atoms. The summed E-state index contributed by atoms with van der Waals surface area (Å²) < 4.78 is 0. The lowest BCUT2D eigenvalue weighted by Crippen LogP contribution is -2.45. The van der Waals surface area contributed by atoms with E-state index in [-0.39, 0.29) is 12.4 Å². The van der Waals surface area contributed by atoms with Gasteiger partial charge in [0, 0.05) is 23.5 Å². The Morgan fingerprint density at radius 1 is 1.23 bits per heavy atom. The molecule has 0 amide bonds. The topological polar surface area (TPSA) is 3.24 Å². The summed E-state index contributed by atoms with van der Waals surface area (Å²) in [6.45, 7) is 4.69. The first kappa shape index (κ1) is 11.6. The summed E-state index contributed by atoms with van der Waals surface area (Å²) in [6.07, 6.45) is 5.33. The summed E-state index contributed by atoms with van der Waals surface area (Å²) >= 11 is 6.09. The van der Waals surface area contributed by atoms with Crippen LogP contribution in [0.15, 0.2) is 0 Å². The fourth-order valence-corrected chi connectivity index (χ4v) is 3.59. The highest BCUT2D eigenvalue weighted by Gasteiger charge is 2.49. The van der Waals surface area contributed by atoms with Crippen LogP contribution in [0.4, 0.5) is 0 Å². The van der Waals surface area contributed by atoms with Crippen molar-refractivity contribution in [1.82, 2.24) is 4.90 Å². The van der Waals surface area contributed by atoms with Gasteiger partial charge in [0.25, 0.3) is 0 Å². The van der Waals surface area contributed by atoms with Crippen LogP contribution >= 0.6 is 24.0 Å². The Morgan fingerprint density at radius 3 is 2.00 bits per heavy atom. The second-order valence-corrected chi connectivity index (χ2v) is 4.81. The number of rotatable bonds is 1. The van der Waals surface area contributed by atoms with Gasteiger partial charge in [-0.15, -0.1) is 24.0 Å². The first-order chi connectivity index (χ1) is 5.69. The van der Waals surface area contributed by atoms with Crippen molar-refractivity contribution in [2.45, 2.75) is 57.2 Å². The molecule has 2 unspecified atom stereocenters. The summed E-state index contributed by atoms with van der Waals surface area (Å²) in [5.41, 5.74) is 0.389. The highest BCUT2D eigenvalue weighted by molar-refractivity contribution is 6.18. The van der Waals surface area contributed by atoms with Gasteiger partial charge in [-0.25, -0.2) is 0 Å². The minimum atomic E-state index is 0. The molecule has 0 aromatic heterocycles. The predicted octanol–water partition coefficient (Wildman–Crippen LogP) is 3.05. The molecule has 13 heavy (non-hydrogen) atoms. The standard InChI is InChI=1S/C10H18ClN.ClH/c1-8-3-5-10(7-11)6-4-9(2)12(8)10;/h8-9H,3-7H2,1-2H3;1H. The van der Waals surface area contributed by atoms with Crippen LogP contribution in [-0.2, 0) is 0 Å². The number of nitrogens with zero attached hydrogens (tertiary/aromatic N) is 1. The molecule has 2 aliphatic heterocycles. The summed E-state index contributed by atoms with van der Waals surface area (Å²) in [7, 11) is 0. The Labute approximate surface area is 92.2 Å². The highest BCUT2D eigenvalue weighted by atomic mass is 35.5. The van der Waals surface area contributed by atoms with Crippen molar-refractivity contribution >= 4 is 24.0 Å². The van der Waals surface area contributed by atoms with Crippen LogP contribution in [0.2, 0.25) is 0 Å². The molecule has 0 saturated carbocycles. The van der Waals surface area contributed by atoms with Gasteiger partial charge in [-0.05, 0) is 39.5 Å². The Balaban J connectivity index is 0.000000845. The molecule has 2 atom stereocenters. The Kier molecular flexibility index (Phi) is 3.54. The third kappa shape index (κ3) is 1.60. The number of halogens is 2. The lowest BCUT2D eigenvalue weighted by Gasteiger charge is -2.35. The van der Waals surface area contributed by atoms with E-state index >= 15 is 0 Å². The second kappa shape index (κ2) is 3.96. The maximum atomic E-state index is 6.09. The van der Waals surface area contributed by atoms with E-state index in [0.29, 0.717) is 5.54 Å². The number of hydrogen-bond acceptors (Lipinski definition) is 1. The molecular weight excluding hydrogens is 205 g/mol. The molecule has 2 heterocycles. The van der Waals surface area contributed by atoms with Crippen LogP contribution in [0.3, 0.4) is 0 Å². The second-order valence-electron chi connectivity index (χ2n) is 4.54. The third-order valence-corrected chi connectivity index (χ3v) is 4.30. The fourth-order valence-electron chi connectivity index (χ4n) is 3.19. The van der Waals surface area contributed by atoms with E-state index in [4.69, 9.17) is 11.6 Å². The zero-order chi connectivity index (χ0) is 8.77. The van der Waals surface area contributed by atoms with Gasteiger partial charge in [0.15, 0.2) is 0 Å².